The topological polar surface area (TPSA) is 78.9 Å². The second-order valence-electron chi connectivity index (χ2n) is 6.36. The van der Waals surface area contributed by atoms with Gasteiger partial charge in [-0.3, -0.25) is 4.79 Å². The minimum absolute atomic E-state index is 0.0382. The van der Waals surface area contributed by atoms with Gasteiger partial charge in [-0.15, -0.1) is 0 Å². The van der Waals surface area contributed by atoms with Gasteiger partial charge in [0.1, 0.15) is 0 Å². The van der Waals surface area contributed by atoms with Crippen molar-refractivity contribution in [2.45, 2.75) is 64.6 Å². The molecule has 1 aliphatic heterocycles. The number of carboxylic acid groups (broad SMARTS) is 1. The van der Waals surface area contributed by atoms with Gasteiger partial charge in [0.05, 0.1) is 18.2 Å². The summed E-state index contributed by atoms with van der Waals surface area (Å²) in [6.07, 6.45) is 3.71. The van der Waals surface area contributed by atoms with Gasteiger partial charge in [0.2, 0.25) is 0 Å². The van der Waals surface area contributed by atoms with Gasteiger partial charge >= 0.3 is 12.0 Å². The first-order valence-electron chi connectivity index (χ1n) is 7.72. The Kier molecular flexibility index (Phi) is 6.95. The molecule has 2 N–H and O–H groups in total. The minimum atomic E-state index is -0.743. The van der Waals surface area contributed by atoms with Crippen LogP contribution in [0.2, 0.25) is 0 Å². The number of rotatable bonds is 7. The number of hydrogen-bond donors (Lipinski definition) is 2. The highest BCUT2D eigenvalue weighted by molar-refractivity contribution is 5.74. The number of nitrogens with zero attached hydrogens (tertiary/aromatic N) is 1. The molecule has 0 aromatic rings. The maximum atomic E-state index is 12.1. The average molecular weight is 300 g/mol. The van der Waals surface area contributed by atoms with Crippen LogP contribution in [-0.4, -0.2) is 53.3 Å². The summed E-state index contributed by atoms with van der Waals surface area (Å²) in [5.41, 5.74) is -0.300. The van der Waals surface area contributed by atoms with Crippen LogP contribution < -0.4 is 5.32 Å². The molecule has 1 aliphatic rings. The number of urea groups is 1. The summed E-state index contributed by atoms with van der Waals surface area (Å²) in [6, 6.07) is -0.0382. The Morgan fingerprint density at radius 3 is 2.57 bits per heavy atom. The summed E-state index contributed by atoms with van der Waals surface area (Å²) in [5, 5.41) is 11.4. The van der Waals surface area contributed by atoms with Gasteiger partial charge in [-0.2, -0.15) is 0 Å². The Balaban J connectivity index is 2.14. The number of nitrogens with one attached hydrogen (secondary N) is 1. The van der Waals surface area contributed by atoms with Gasteiger partial charge in [0.15, 0.2) is 0 Å². The minimum Gasteiger partial charge on any atom is -0.481 e. The van der Waals surface area contributed by atoms with Crippen molar-refractivity contribution in [3.05, 3.63) is 0 Å². The molecule has 0 aliphatic carbocycles. The van der Waals surface area contributed by atoms with Gasteiger partial charge in [-0.1, -0.05) is 12.8 Å². The number of carbonyl (C=O) groups excluding carboxylic acids is 1. The molecule has 2 amide bonds. The smallest absolute Gasteiger partial charge is 0.317 e. The quantitative estimate of drug-likeness (QED) is 0.707. The number of hydrogen-bond acceptors (Lipinski definition) is 3. The highest BCUT2D eigenvalue weighted by Gasteiger charge is 2.33. The van der Waals surface area contributed by atoms with Gasteiger partial charge in [-0.05, 0) is 33.6 Å². The summed E-state index contributed by atoms with van der Waals surface area (Å²) in [6.45, 7) is 7.81. The van der Waals surface area contributed by atoms with E-state index < -0.39 is 5.97 Å². The summed E-state index contributed by atoms with van der Waals surface area (Å²) in [7, 11) is 0. The van der Waals surface area contributed by atoms with Gasteiger partial charge in [0, 0.05) is 19.5 Å². The zero-order valence-electron chi connectivity index (χ0n) is 13.4. The fourth-order valence-corrected chi connectivity index (χ4v) is 2.67. The molecule has 122 valence electrons. The summed E-state index contributed by atoms with van der Waals surface area (Å²) in [4.78, 5) is 24.3. The van der Waals surface area contributed by atoms with E-state index in [1.807, 2.05) is 20.8 Å². The first kappa shape index (κ1) is 17.8. The molecule has 6 heteroatoms. The number of amides is 2. The lowest BCUT2D eigenvalue weighted by atomic mass is 10.1. The summed E-state index contributed by atoms with van der Waals surface area (Å²) >= 11 is 0. The van der Waals surface area contributed by atoms with E-state index in [9.17, 15) is 9.59 Å². The van der Waals surface area contributed by atoms with Crippen LogP contribution in [0.4, 0.5) is 4.79 Å². The Morgan fingerprint density at radius 1 is 1.29 bits per heavy atom. The Labute approximate surface area is 126 Å². The third-order valence-corrected chi connectivity index (χ3v) is 3.45. The highest BCUT2D eigenvalue weighted by atomic mass is 16.5. The van der Waals surface area contributed by atoms with Crippen molar-refractivity contribution in [3.63, 3.8) is 0 Å². The molecule has 0 radical (unpaired) electrons. The largest absolute Gasteiger partial charge is 0.481 e. The lowest BCUT2D eigenvalue weighted by molar-refractivity contribution is -0.137. The third kappa shape index (κ3) is 7.32. The highest BCUT2D eigenvalue weighted by Crippen LogP contribution is 2.20. The van der Waals surface area contributed by atoms with E-state index in [0.29, 0.717) is 26.1 Å². The molecule has 1 fully saturated rings. The lowest BCUT2D eigenvalue weighted by Gasteiger charge is -2.41. The van der Waals surface area contributed by atoms with E-state index in [0.717, 1.165) is 19.3 Å². The Morgan fingerprint density at radius 2 is 1.95 bits per heavy atom. The molecular formula is C15H28N2O4. The third-order valence-electron chi connectivity index (χ3n) is 3.45. The molecule has 0 saturated carbocycles. The zero-order valence-corrected chi connectivity index (χ0v) is 13.4. The van der Waals surface area contributed by atoms with Crippen molar-refractivity contribution in [2.75, 3.05) is 19.6 Å². The van der Waals surface area contributed by atoms with Crippen LogP contribution in [0.1, 0.15) is 52.9 Å². The number of aliphatic carboxylic acids is 1. The maximum absolute atomic E-state index is 12.1. The van der Waals surface area contributed by atoms with Crippen LogP contribution >= 0.6 is 0 Å². The normalized spacial score (nSPS) is 21.1. The SMILES string of the molecule is CC1CN(C(=O)NCCCCCCC(=O)O)CC(C)(C)O1. The number of unbranched alkanes of at least 4 members (excludes halogenated alkanes) is 3. The molecule has 0 bridgehead atoms. The molecule has 1 unspecified atom stereocenters. The molecule has 1 rings (SSSR count). The zero-order chi connectivity index (χ0) is 15.9. The predicted octanol–water partition coefficient (Wildman–Crippen LogP) is 2.23. The van der Waals surface area contributed by atoms with Crippen LogP contribution in [0.25, 0.3) is 0 Å². The van der Waals surface area contributed by atoms with Crippen LogP contribution in [0.15, 0.2) is 0 Å². The first-order valence-corrected chi connectivity index (χ1v) is 7.72. The molecule has 21 heavy (non-hydrogen) atoms. The molecule has 1 saturated heterocycles. The molecular weight excluding hydrogens is 272 g/mol. The van der Waals surface area contributed by atoms with Crippen LogP contribution in [0.3, 0.4) is 0 Å². The van der Waals surface area contributed by atoms with E-state index in [-0.39, 0.29) is 24.2 Å². The van der Waals surface area contributed by atoms with E-state index >= 15 is 0 Å². The number of carboxylic acids is 1. The molecule has 0 spiro atoms. The van der Waals surface area contributed by atoms with Crippen LogP contribution in [0, 0.1) is 0 Å². The lowest BCUT2D eigenvalue weighted by Crippen LogP contribution is -2.56. The monoisotopic (exact) mass is 300 g/mol. The number of morpholine rings is 1. The molecule has 1 atom stereocenters. The van der Waals surface area contributed by atoms with Crippen molar-refractivity contribution in [1.29, 1.82) is 0 Å². The van der Waals surface area contributed by atoms with E-state index in [1.165, 1.54) is 0 Å². The molecule has 1 heterocycles. The molecule has 6 nitrogen and oxygen atoms in total. The van der Waals surface area contributed by atoms with Crippen molar-refractivity contribution in [2.24, 2.45) is 0 Å². The van der Waals surface area contributed by atoms with E-state index in [4.69, 9.17) is 9.84 Å². The summed E-state index contributed by atoms with van der Waals surface area (Å²) < 4.78 is 5.77. The predicted molar refractivity (Wildman–Crippen MR) is 80.3 cm³/mol. The maximum Gasteiger partial charge on any atom is 0.317 e. The van der Waals surface area contributed by atoms with Crippen molar-refractivity contribution in [1.82, 2.24) is 10.2 Å². The van der Waals surface area contributed by atoms with Crippen molar-refractivity contribution in [3.8, 4) is 0 Å². The van der Waals surface area contributed by atoms with Crippen molar-refractivity contribution < 1.29 is 19.4 Å². The fourth-order valence-electron chi connectivity index (χ4n) is 2.67. The van der Waals surface area contributed by atoms with Crippen LogP contribution in [-0.2, 0) is 9.53 Å². The van der Waals surface area contributed by atoms with Gasteiger partial charge < -0.3 is 20.1 Å². The van der Waals surface area contributed by atoms with Crippen molar-refractivity contribution >= 4 is 12.0 Å². The average Bonchev–Trinajstić information content (AvgIpc) is 2.34. The molecule has 0 aromatic carbocycles. The summed E-state index contributed by atoms with van der Waals surface area (Å²) in [5.74, 6) is -0.743. The number of carbonyl (C=O) groups is 2. The second kappa shape index (κ2) is 8.22. The Bertz CT molecular complexity index is 358. The fraction of sp³-hybridized carbons (Fsp3) is 0.867. The van der Waals surface area contributed by atoms with Gasteiger partial charge in [0.25, 0.3) is 0 Å². The Hall–Kier alpha value is -1.30. The molecule has 0 aromatic heterocycles. The second-order valence-corrected chi connectivity index (χ2v) is 6.36. The van der Waals surface area contributed by atoms with E-state index in [2.05, 4.69) is 5.32 Å². The standard InChI is InChI=1S/C15H28N2O4/c1-12-10-17(11-15(2,3)21-12)14(20)16-9-7-5-4-6-8-13(18)19/h12H,4-11H2,1-3H3,(H,16,20)(H,18,19). The number of ether oxygens (including phenoxy) is 1. The van der Waals surface area contributed by atoms with E-state index in [1.54, 1.807) is 4.90 Å². The van der Waals surface area contributed by atoms with Crippen LogP contribution in [0.5, 0.6) is 0 Å². The van der Waals surface area contributed by atoms with Gasteiger partial charge in [-0.25, -0.2) is 4.79 Å². The first-order chi connectivity index (χ1) is 9.80.